The number of halogens is 1. The van der Waals surface area contributed by atoms with E-state index in [1.807, 2.05) is 18.8 Å². The largest absolute Gasteiger partial charge is 0.356 e. The maximum Gasteiger partial charge on any atom is 0.191 e. The monoisotopic (exact) mass is 434 g/mol. The summed E-state index contributed by atoms with van der Waals surface area (Å²) in [5, 5.41) is 11.3. The van der Waals surface area contributed by atoms with Crippen LogP contribution in [0.1, 0.15) is 30.3 Å². The van der Waals surface area contributed by atoms with Crippen LogP contribution in [-0.4, -0.2) is 53.9 Å². The Balaban J connectivity index is 0.00000264. The Morgan fingerprint density at radius 1 is 1.35 bits per heavy atom. The molecule has 1 aliphatic heterocycles. The first-order valence-electron chi connectivity index (χ1n) is 8.21. The number of likely N-dealkylation sites (tertiary alicyclic amines) is 1. The molecule has 7 heteroatoms. The molecule has 2 rings (SSSR count). The van der Waals surface area contributed by atoms with Crippen LogP contribution in [0.3, 0.4) is 0 Å². The van der Waals surface area contributed by atoms with Gasteiger partial charge in [-0.1, -0.05) is 6.92 Å². The lowest BCUT2D eigenvalue weighted by Crippen LogP contribution is -2.40. The molecule has 1 aromatic rings. The van der Waals surface area contributed by atoms with Crippen molar-refractivity contribution in [2.75, 3.05) is 33.2 Å². The Bertz CT molecular complexity index is 525. The van der Waals surface area contributed by atoms with Crippen LogP contribution in [0.15, 0.2) is 4.99 Å². The fraction of sp³-hybridized carbons (Fsp3) is 0.750. The van der Waals surface area contributed by atoms with E-state index in [2.05, 4.69) is 46.4 Å². The number of hydrogen-bond acceptors (Lipinski definition) is 3. The summed E-state index contributed by atoms with van der Waals surface area (Å²) < 4.78 is 1.93. The van der Waals surface area contributed by atoms with E-state index in [0.717, 1.165) is 37.2 Å². The second-order valence-corrected chi connectivity index (χ2v) is 6.13. The average Bonchev–Trinajstić information content (AvgIpc) is 3.06. The number of aryl methyl sites for hydroxylation is 2. The van der Waals surface area contributed by atoms with Crippen molar-refractivity contribution >= 4 is 29.9 Å². The molecule has 1 atom stereocenters. The third-order valence-corrected chi connectivity index (χ3v) is 4.69. The molecular formula is C16H31IN6. The molecule has 0 aliphatic carbocycles. The van der Waals surface area contributed by atoms with Crippen LogP contribution < -0.4 is 10.6 Å². The van der Waals surface area contributed by atoms with Crippen molar-refractivity contribution in [3.05, 3.63) is 17.0 Å². The SMILES string of the molecule is CCN1CCC(CNC(=NC)NCc2c(C)nn(C)c2C)C1.I. The van der Waals surface area contributed by atoms with Crippen molar-refractivity contribution in [3.63, 3.8) is 0 Å². The van der Waals surface area contributed by atoms with Crippen LogP contribution in [0.2, 0.25) is 0 Å². The van der Waals surface area contributed by atoms with E-state index >= 15 is 0 Å². The fourth-order valence-corrected chi connectivity index (χ4v) is 3.07. The minimum absolute atomic E-state index is 0. The fourth-order valence-electron chi connectivity index (χ4n) is 3.07. The van der Waals surface area contributed by atoms with Crippen molar-refractivity contribution < 1.29 is 0 Å². The molecule has 132 valence electrons. The van der Waals surface area contributed by atoms with Gasteiger partial charge in [-0.2, -0.15) is 5.10 Å². The van der Waals surface area contributed by atoms with Crippen LogP contribution in [0, 0.1) is 19.8 Å². The van der Waals surface area contributed by atoms with Gasteiger partial charge in [0.1, 0.15) is 0 Å². The molecule has 6 nitrogen and oxygen atoms in total. The smallest absolute Gasteiger partial charge is 0.191 e. The first kappa shape index (κ1) is 20.2. The summed E-state index contributed by atoms with van der Waals surface area (Å²) in [7, 11) is 3.81. The first-order chi connectivity index (χ1) is 10.5. The second kappa shape index (κ2) is 9.46. The summed E-state index contributed by atoms with van der Waals surface area (Å²) >= 11 is 0. The molecule has 0 bridgehead atoms. The minimum atomic E-state index is 0. The van der Waals surface area contributed by atoms with Gasteiger partial charge in [0.15, 0.2) is 5.96 Å². The Hall–Kier alpha value is -0.830. The predicted octanol–water partition coefficient (Wildman–Crippen LogP) is 1.66. The second-order valence-electron chi connectivity index (χ2n) is 6.13. The van der Waals surface area contributed by atoms with E-state index in [4.69, 9.17) is 0 Å². The van der Waals surface area contributed by atoms with Gasteiger partial charge in [-0.3, -0.25) is 9.67 Å². The number of nitrogens with zero attached hydrogens (tertiary/aromatic N) is 4. The zero-order chi connectivity index (χ0) is 16.1. The van der Waals surface area contributed by atoms with Crippen molar-refractivity contribution in [1.82, 2.24) is 25.3 Å². The van der Waals surface area contributed by atoms with E-state index in [1.54, 1.807) is 0 Å². The number of aliphatic imine (C=N–C) groups is 1. The van der Waals surface area contributed by atoms with E-state index in [9.17, 15) is 0 Å². The molecule has 1 saturated heterocycles. The Labute approximate surface area is 157 Å². The van der Waals surface area contributed by atoms with Crippen molar-refractivity contribution in [1.29, 1.82) is 0 Å². The lowest BCUT2D eigenvalue weighted by atomic mass is 10.1. The highest BCUT2D eigenvalue weighted by Crippen LogP contribution is 2.14. The minimum Gasteiger partial charge on any atom is -0.356 e. The number of guanidine groups is 1. The molecule has 0 aromatic carbocycles. The van der Waals surface area contributed by atoms with E-state index in [-0.39, 0.29) is 24.0 Å². The molecule has 23 heavy (non-hydrogen) atoms. The maximum atomic E-state index is 4.45. The lowest BCUT2D eigenvalue weighted by Gasteiger charge is -2.16. The van der Waals surface area contributed by atoms with Gasteiger partial charge in [0.05, 0.1) is 5.69 Å². The number of hydrogen-bond donors (Lipinski definition) is 2. The lowest BCUT2D eigenvalue weighted by molar-refractivity contribution is 0.342. The van der Waals surface area contributed by atoms with Gasteiger partial charge in [-0.25, -0.2) is 0 Å². The summed E-state index contributed by atoms with van der Waals surface area (Å²) in [5.74, 6) is 1.60. The van der Waals surface area contributed by atoms with Crippen LogP contribution >= 0.6 is 24.0 Å². The number of rotatable bonds is 5. The first-order valence-corrected chi connectivity index (χ1v) is 8.21. The molecule has 1 fully saturated rings. The van der Waals surface area contributed by atoms with Crippen LogP contribution in [0.5, 0.6) is 0 Å². The molecule has 2 N–H and O–H groups in total. The zero-order valence-electron chi connectivity index (χ0n) is 15.0. The molecule has 1 unspecified atom stereocenters. The summed E-state index contributed by atoms with van der Waals surface area (Å²) in [6.45, 7) is 11.7. The van der Waals surface area contributed by atoms with Gasteiger partial charge in [0, 0.05) is 45.0 Å². The van der Waals surface area contributed by atoms with Crippen LogP contribution in [0.25, 0.3) is 0 Å². The molecule has 0 saturated carbocycles. The third-order valence-electron chi connectivity index (χ3n) is 4.69. The van der Waals surface area contributed by atoms with Crippen molar-refractivity contribution in [3.8, 4) is 0 Å². The van der Waals surface area contributed by atoms with E-state index in [0.29, 0.717) is 0 Å². The van der Waals surface area contributed by atoms with Gasteiger partial charge in [0.2, 0.25) is 0 Å². The molecular weight excluding hydrogens is 403 g/mol. The van der Waals surface area contributed by atoms with E-state index in [1.165, 1.54) is 30.8 Å². The van der Waals surface area contributed by atoms with Gasteiger partial charge in [0.25, 0.3) is 0 Å². The number of aromatic nitrogens is 2. The van der Waals surface area contributed by atoms with Gasteiger partial charge in [-0.05, 0) is 39.3 Å². The topological polar surface area (TPSA) is 57.5 Å². The van der Waals surface area contributed by atoms with E-state index < -0.39 is 0 Å². The predicted molar refractivity (Wildman–Crippen MR) is 107 cm³/mol. The van der Waals surface area contributed by atoms with Gasteiger partial charge in [-0.15, -0.1) is 24.0 Å². The van der Waals surface area contributed by atoms with Gasteiger partial charge >= 0.3 is 0 Å². The van der Waals surface area contributed by atoms with Gasteiger partial charge < -0.3 is 15.5 Å². The third kappa shape index (κ3) is 5.34. The molecule has 0 radical (unpaired) electrons. The Kier molecular flexibility index (Phi) is 8.32. The summed E-state index contributed by atoms with van der Waals surface area (Å²) in [6.07, 6.45) is 1.28. The van der Waals surface area contributed by atoms with Crippen LogP contribution in [-0.2, 0) is 13.6 Å². The molecule has 2 heterocycles. The molecule has 0 amide bonds. The van der Waals surface area contributed by atoms with Crippen LogP contribution in [0.4, 0.5) is 0 Å². The summed E-state index contributed by atoms with van der Waals surface area (Å²) in [4.78, 5) is 6.83. The molecule has 1 aromatic heterocycles. The number of nitrogens with one attached hydrogen (secondary N) is 2. The summed E-state index contributed by atoms with van der Waals surface area (Å²) in [5.41, 5.74) is 3.54. The van der Waals surface area contributed by atoms with Crippen molar-refractivity contribution in [2.24, 2.45) is 18.0 Å². The molecule has 0 spiro atoms. The summed E-state index contributed by atoms with van der Waals surface area (Å²) in [6, 6.07) is 0. The average molecular weight is 434 g/mol. The standard InChI is InChI=1S/C16H30N6.HI/c1-6-22-8-7-14(11-22)9-18-16(17-4)19-10-15-12(2)20-21(5)13(15)3;/h14H,6-11H2,1-5H3,(H2,17,18,19);1H. The Morgan fingerprint density at radius 2 is 2.09 bits per heavy atom. The quantitative estimate of drug-likeness (QED) is 0.421. The highest BCUT2D eigenvalue weighted by molar-refractivity contribution is 14.0. The maximum absolute atomic E-state index is 4.45. The molecule has 1 aliphatic rings. The Morgan fingerprint density at radius 3 is 2.61 bits per heavy atom. The van der Waals surface area contributed by atoms with Crippen molar-refractivity contribution in [2.45, 2.75) is 33.7 Å². The normalized spacial score (nSPS) is 18.8. The zero-order valence-corrected chi connectivity index (χ0v) is 17.3. The highest BCUT2D eigenvalue weighted by atomic mass is 127. The highest BCUT2D eigenvalue weighted by Gasteiger charge is 2.21.